The molecule has 0 bridgehead atoms. The SMILES string of the molecule is COc1ccc(CCN(C)c2cc(Cl)nc(SCc3cccc(C(=O)NC(C)C(C)C)c3)n2)cc1OC. The smallest absolute Gasteiger partial charge is 0.251 e. The molecule has 1 aromatic heterocycles. The number of hydrogen-bond donors (Lipinski definition) is 1. The molecule has 7 nitrogen and oxygen atoms in total. The Kier molecular flexibility index (Phi) is 10.5. The molecule has 198 valence electrons. The highest BCUT2D eigenvalue weighted by Gasteiger charge is 2.14. The van der Waals surface area contributed by atoms with E-state index in [1.54, 1.807) is 20.3 Å². The first kappa shape index (κ1) is 28.6. The fourth-order valence-electron chi connectivity index (χ4n) is 3.50. The highest BCUT2D eigenvalue weighted by atomic mass is 35.5. The van der Waals surface area contributed by atoms with E-state index < -0.39 is 0 Å². The fourth-order valence-corrected chi connectivity index (χ4v) is 4.52. The zero-order chi connectivity index (χ0) is 26.9. The van der Waals surface area contributed by atoms with Crippen molar-refractivity contribution in [3.63, 3.8) is 0 Å². The first-order valence-corrected chi connectivity index (χ1v) is 13.6. The summed E-state index contributed by atoms with van der Waals surface area (Å²) in [4.78, 5) is 23.8. The molecule has 9 heteroatoms. The molecule has 3 rings (SSSR count). The number of anilines is 1. The topological polar surface area (TPSA) is 76.6 Å². The Hall–Kier alpha value is -2.97. The number of halogens is 1. The lowest BCUT2D eigenvalue weighted by atomic mass is 10.1. The van der Waals surface area contributed by atoms with Gasteiger partial charge in [-0.25, -0.2) is 9.97 Å². The predicted octanol–water partition coefficient (Wildman–Crippen LogP) is 5.89. The van der Waals surface area contributed by atoms with E-state index in [2.05, 4.69) is 29.0 Å². The van der Waals surface area contributed by atoms with E-state index in [1.165, 1.54) is 11.8 Å². The normalized spacial score (nSPS) is 11.8. The Labute approximate surface area is 228 Å². The van der Waals surface area contributed by atoms with Crippen LogP contribution in [0.1, 0.15) is 42.3 Å². The van der Waals surface area contributed by atoms with Crippen molar-refractivity contribution in [2.24, 2.45) is 5.92 Å². The molecule has 3 aromatic rings. The summed E-state index contributed by atoms with van der Waals surface area (Å²) in [6, 6.07) is 15.4. The molecule has 2 aromatic carbocycles. The number of rotatable bonds is 12. The van der Waals surface area contributed by atoms with Crippen LogP contribution in [0.2, 0.25) is 5.15 Å². The Morgan fingerprint density at radius 1 is 1.03 bits per heavy atom. The largest absolute Gasteiger partial charge is 0.493 e. The van der Waals surface area contributed by atoms with Crippen LogP contribution in [0.25, 0.3) is 0 Å². The van der Waals surface area contributed by atoms with Crippen LogP contribution in [0, 0.1) is 5.92 Å². The Bertz CT molecular complexity index is 1210. The summed E-state index contributed by atoms with van der Waals surface area (Å²) < 4.78 is 10.7. The number of carbonyl (C=O) groups is 1. The first-order valence-electron chi connectivity index (χ1n) is 12.2. The van der Waals surface area contributed by atoms with Gasteiger partial charge in [-0.15, -0.1) is 0 Å². The number of methoxy groups -OCH3 is 2. The summed E-state index contributed by atoms with van der Waals surface area (Å²) >= 11 is 7.82. The molecule has 1 atom stereocenters. The van der Waals surface area contributed by atoms with Gasteiger partial charge in [-0.3, -0.25) is 4.79 Å². The quantitative estimate of drug-likeness (QED) is 0.174. The number of nitrogens with one attached hydrogen (secondary N) is 1. The van der Waals surface area contributed by atoms with Gasteiger partial charge in [-0.05, 0) is 54.7 Å². The van der Waals surface area contributed by atoms with Gasteiger partial charge in [-0.1, -0.05) is 55.4 Å². The lowest BCUT2D eigenvalue weighted by Crippen LogP contribution is -2.36. The number of thioether (sulfide) groups is 1. The minimum atomic E-state index is -0.0644. The zero-order valence-corrected chi connectivity index (χ0v) is 23.8. The molecular formula is C28H35ClN4O3S. The van der Waals surface area contributed by atoms with Gasteiger partial charge in [-0.2, -0.15) is 0 Å². The van der Waals surface area contributed by atoms with Crippen molar-refractivity contribution >= 4 is 35.1 Å². The van der Waals surface area contributed by atoms with Crippen LogP contribution in [0.4, 0.5) is 5.82 Å². The second kappa shape index (κ2) is 13.5. The second-order valence-electron chi connectivity index (χ2n) is 9.19. The number of amides is 1. The fraction of sp³-hybridized carbons (Fsp3) is 0.393. The number of likely N-dealkylation sites (N-methyl/N-ethyl adjacent to an activating group) is 1. The Morgan fingerprint density at radius 3 is 2.49 bits per heavy atom. The molecule has 1 amide bonds. The summed E-state index contributed by atoms with van der Waals surface area (Å²) in [6.07, 6.45) is 0.797. The number of benzene rings is 2. The van der Waals surface area contributed by atoms with Crippen molar-refractivity contribution in [2.75, 3.05) is 32.7 Å². The molecule has 0 radical (unpaired) electrons. The van der Waals surface area contributed by atoms with Gasteiger partial charge in [0.05, 0.1) is 14.2 Å². The zero-order valence-electron chi connectivity index (χ0n) is 22.2. The molecule has 0 fully saturated rings. The third-order valence-corrected chi connectivity index (χ3v) is 7.26. The Morgan fingerprint density at radius 2 is 1.78 bits per heavy atom. The lowest BCUT2D eigenvalue weighted by molar-refractivity contribution is 0.0930. The molecule has 0 aliphatic rings. The molecule has 0 aliphatic heterocycles. The number of nitrogens with zero attached hydrogens (tertiary/aromatic N) is 3. The molecule has 0 aliphatic carbocycles. The number of hydrogen-bond acceptors (Lipinski definition) is 7. The van der Waals surface area contributed by atoms with Gasteiger partial charge in [0.25, 0.3) is 5.91 Å². The summed E-state index contributed by atoms with van der Waals surface area (Å²) in [7, 11) is 5.24. The molecule has 37 heavy (non-hydrogen) atoms. The van der Waals surface area contributed by atoms with Crippen molar-refractivity contribution in [2.45, 2.75) is 44.1 Å². The van der Waals surface area contributed by atoms with E-state index in [-0.39, 0.29) is 11.9 Å². The number of aromatic nitrogens is 2. The molecule has 1 unspecified atom stereocenters. The van der Waals surface area contributed by atoms with Crippen LogP contribution in [0.15, 0.2) is 53.7 Å². The van der Waals surface area contributed by atoms with Crippen LogP contribution in [0.3, 0.4) is 0 Å². The minimum absolute atomic E-state index is 0.0644. The maximum atomic E-state index is 12.6. The van der Waals surface area contributed by atoms with Crippen LogP contribution in [-0.2, 0) is 12.2 Å². The van der Waals surface area contributed by atoms with Gasteiger partial charge < -0.3 is 19.7 Å². The highest BCUT2D eigenvalue weighted by molar-refractivity contribution is 7.98. The average molecular weight is 543 g/mol. The van der Waals surface area contributed by atoms with Crippen molar-refractivity contribution in [1.29, 1.82) is 0 Å². The summed E-state index contributed by atoms with van der Waals surface area (Å²) in [5.74, 6) is 3.09. The Balaban J connectivity index is 1.63. The van der Waals surface area contributed by atoms with Gasteiger partial charge in [0.2, 0.25) is 0 Å². The van der Waals surface area contributed by atoms with E-state index >= 15 is 0 Å². The number of ether oxygens (including phenoxy) is 2. The molecule has 1 N–H and O–H groups in total. The van der Waals surface area contributed by atoms with Crippen molar-refractivity contribution in [1.82, 2.24) is 15.3 Å². The van der Waals surface area contributed by atoms with Crippen LogP contribution >= 0.6 is 23.4 Å². The summed E-state index contributed by atoms with van der Waals surface area (Å²) in [5, 5.41) is 4.03. The molecule has 0 spiro atoms. The van der Waals surface area contributed by atoms with Crippen molar-refractivity contribution in [3.8, 4) is 11.5 Å². The maximum absolute atomic E-state index is 12.6. The highest BCUT2D eigenvalue weighted by Crippen LogP contribution is 2.28. The van der Waals surface area contributed by atoms with Crippen LogP contribution in [0.5, 0.6) is 11.5 Å². The third kappa shape index (κ3) is 8.27. The van der Waals surface area contributed by atoms with Gasteiger partial charge in [0, 0.05) is 37.0 Å². The maximum Gasteiger partial charge on any atom is 0.251 e. The second-order valence-corrected chi connectivity index (χ2v) is 10.5. The van der Waals surface area contributed by atoms with Crippen LogP contribution in [-0.4, -0.2) is 49.7 Å². The standard InChI is InChI=1S/C28H35ClN4O3S/c1-18(2)19(3)30-27(34)22-9-7-8-21(14-22)17-37-28-31-25(29)16-26(32-28)33(4)13-12-20-10-11-23(35-5)24(15-20)36-6/h7-11,14-16,18-19H,12-13,17H2,1-6H3,(H,30,34). The van der Waals surface area contributed by atoms with Crippen LogP contribution < -0.4 is 19.7 Å². The van der Waals surface area contributed by atoms with Crippen molar-refractivity contribution in [3.05, 3.63) is 70.4 Å². The summed E-state index contributed by atoms with van der Waals surface area (Å²) in [5.41, 5.74) is 2.79. The van der Waals surface area contributed by atoms with Gasteiger partial charge in [0.1, 0.15) is 11.0 Å². The number of carbonyl (C=O) groups excluding carboxylic acids is 1. The van der Waals surface area contributed by atoms with E-state index in [0.717, 1.165) is 29.9 Å². The molecular weight excluding hydrogens is 508 g/mol. The van der Waals surface area contributed by atoms with E-state index in [4.69, 9.17) is 26.1 Å². The first-order chi connectivity index (χ1) is 17.7. The predicted molar refractivity (Wildman–Crippen MR) is 151 cm³/mol. The van der Waals surface area contributed by atoms with E-state index in [0.29, 0.717) is 39.0 Å². The van der Waals surface area contributed by atoms with Crippen molar-refractivity contribution < 1.29 is 14.3 Å². The molecule has 0 saturated carbocycles. The summed E-state index contributed by atoms with van der Waals surface area (Å²) in [6.45, 7) is 6.93. The molecule has 1 heterocycles. The third-order valence-electron chi connectivity index (χ3n) is 6.15. The molecule has 0 saturated heterocycles. The lowest BCUT2D eigenvalue weighted by Gasteiger charge is -2.19. The van der Waals surface area contributed by atoms with Gasteiger partial charge in [0.15, 0.2) is 16.7 Å². The van der Waals surface area contributed by atoms with E-state index in [1.807, 2.05) is 56.4 Å². The minimum Gasteiger partial charge on any atom is -0.493 e. The monoisotopic (exact) mass is 542 g/mol. The van der Waals surface area contributed by atoms with Gasteiger partial charge >= 0.3 is 0 Å². The van der Waals surface area contributed by atoms with E-state index in [9.17, 15) is 4.79 Å². The average Bonchev–Trinajstić information content (AvgIpc) is 2.90.